The fourth-order valence-electron chi connectivity index (χ4n) is 4.04. The minimum Gasteiger partial charge on any atom is -0.308 e. The van der Waals surface area contributed by atoms with E-state index in [9.17, 15) is 0 Å². The Balaban J connectivity index is 1.52. The van der Waals surface area contributed by atoms with Gasteiger partial charge in [0.15, 0.2) is 0 Å². The molecular formula is C18H25ClN2. The van der Waals surface area contributed by atoms with Crippen LogP contribution in [0.4, 0.5) is 0 Å². The van der Waals surface area contributed by atoms with Gasteiger partial charge < -0.3 is 5.32 Å². The van der Waals surface area contributed by atoms with E-state index >= 15 is 0 Å². The normalized spacial score (nSPS) is 34.1. The van der Waals surface area contributed by atoms with Crippen molar-refractivity contribution in [2.24, 2.45) is 11.8 Å². The molecule has 0 bridgehead atoms. The highest BCUT2D eigenvalue weighted by atomic mass is 35.5. The molecule has 0 amide bonds. The Morgan fingerprint density at radius 3 is 2.76 bits per heavy atom. The molecule has 2 unspecified atom stereocenters. The molecular weight excluding hydrogens is 280 g/mol. The predicted octanol–water partition coefficient (Wildman–Crippen LogP) is 3.69. The van der Waals surface area contributed by atoms with E-state index in [-0.39, 0.29) is 0 Å². The average molecular weight is 305 g/mol. The van der Waals surface area contributed by atoms with E-state index in [1.807, 2.05) is 6.07 Å². The second kappa shape index (κ2) is 5.26. The molecule has 1 heterocycles. The largest absolute Gasteiger partial charge is 0.308 e. The first-order chi connectivity index (χ1) is 10.1. The molecule has 3 heteroatoms. The highest BCUT2D eigenvalue weighted by Crippen LogP contribution is 2.44. The topological polar surface area (TPSA) is 15.3 Å². The molecule has 0 spiro atoms. The molecule has 2 aliphatic carbocycles. The van der Waals surface area contributed by atoms with Crippen LogP contribution in [0.2, 0.25) is 5.02 Å². The molecule has 3 aliphatic rings. The Hall–Kier alpha value is -0.570. The molecule has 1 aromatic carbocycles. The van der Waals surface area contributed by atoms with Gasteiger partial charge in [-0.2, -0.15) is 0 Å². The van der Waals surface area contributed by atoms with Crippen molar-refractivity contribution in [1.82, 2.24) is 10.2 Å². The molecule has 1 N–H and O–H groups in total. The van der Waals surface area contributed by atoms with Crippen molar-refractivity contribution in [3.8, 4) is 0 Å². The van der Waals surface area contributed by atoms with Gasteiger partial charge in [-0.05, 0) is 62.1 Å². The van der Waals surface area contributed by atoms with Crippen molar-refractivity contribution in [2.75, 3.05) is 13.1 Å². The Kier molecular flexibility index (Phi) is 3.52. The van der Waals surface area contributed by atoms with Crippen LogP contribution in [-0.4, -0.2) is 29.6 Å². The lowest BCUT2D eigenvalue weighted by Crippen LogP contribution is -2.64. The van der Waals surface area contributed by atoms with Crippen LogP contribution < -0.4 is 5.32 Å². The van der Waals surface area contributed by atoms with Gasteiger partial charge in [0, 0.05) is 36.2 Å². The third-order valence-corrected chi connectivity index (χ3v) is 5.87. The van der Waals surface area contributed by atoms with Gasteiger partial charge in [-0.25, -0.2) is 0 Å². The minimum atomic E-state index is 0.323. The van der Waals surface area contributed by atoms with Gasteiger partial charge in [-0.15, -0.1) is 0 Å². The SMILES string of the molecule is CC1(C2CC2)CN(Cc2cccc(Cl)c2)C(C2CC2)CN1. The summed E-state index contributed by atoms with van der Waals surface area (Å²) in [5, 5.41) is 4.75. The first-order valence-corrected chi connectivity index (χ1v) is 8.75. The summed E-state index contributed by atoms with van der Waals surface area (Å²) in [6.45, 7) is 5.83. The van der Waals surface area contributed by atoms with Gasteiger partial charge in [-0.3, -0.25) is 4.90 Å². The molecule has 2 saturated carbocycles. The highest BCUT2D eigenvalue weighted by molar-refractivity contribution is 6.30. The third-order valence-electron chi connectivity index (χ3n) is 5.63. The van der Waals surface area contributed by atoms with E-state index in [2.05, 4.69) is 35.3 Å². The van der Waals surface area contributed by atoms with Gasteiger partial charge >= 0.3 is 0 Å². The highest BCUT2D eigenvalue weighted by Gasteiger charge is 2.48. The molecule has 2 nitrogen and oxygen atoms in total. The summed E-state index contributed by atoms with van der Waals surface area (Å²) in [7, 11) is 0. The molecule has 2 atom stereocenters. The molecule has 1 aromatic rings. The van der Waals surface area contributed by atoms with Crippen molar-refractivity contribution < 1.29 is 0 Å². The minimum absolute atomic E-state index is 0.323. The van der Waals surface area contributed by atoms with E-state index in [0.29, 0.717) is 5.54 Å². The zero-order valence-electron chi connectivity index (χ0n) is 12.8. The number of benzene rings is 1. The first-order valence-electron chi connectivity index (χ1n) is 8.37. The number of nitrogens with zero attached hydrogens (tertiary/aromatic N) is 1. The Labute approximate surface area is 132 Å². The summed E-state index contributed by atoms with van der Waals surface area (Å²) in [5.74, 6) is 1.81. The summed E-state index contributed by atoms with van der Waals surface area (Å²) in [4.78, 5) is 2.73. The van der Waals surface area contributed by atoms with Crippen LogP contribution >= 0.6 is 11.6 Å². The number of halogens is 1. The Morgan fingerprint density at radius 1 is 1.29 bits per heavy atom. The van der Waals surface area contributed by atoms with Crippen molar-refractivity contribution in [3.05, 3.63) is 34.9 Å². The van der Waals surface area contributed by atoms with Crippen LogP contribution in [0.5, 0.6) is 0 Å². The third kappa shape index (κ3) is 2.99. The molecule has 21 heavy (non-hydrogen) atoms. The van der Waals surface area contributed by atoms with Crippen molar-refractivity contribution >= 4 is 11.6 Å². The van der Waals surface area contributed by atoms with Crippen LogP contribution in [0.3, 0.4) is 0 Å². The molecule has 114 valence electrons. The number of piperazine rings is 1. The average Bonchev–Trinajstić information content (AvgIpc) is 3.30. The summed E-state index contributed by atoms with van der Waals surface area (Å²) < 4.78 is 0. The van der Waals surface area contributed by atoms with Crippen molar-refractivity contribution in [3.63, 3.8) is 0 Å². The lowest BCUT2D eigenvalue weighted by Gasteiger charge is -2.47. The van der Waals surface area contributed by atoms with Gasteiger partial charge in [0.25, 0.3) is 0 Å². The van der Waals surface area contributed by atoms with Crippen molar-refractivity contribution in [1.29, 1.82) is 0 Å². The summed E-state index contributed by atoms with van der Waals surface area (Å²) >= 11 is 6.16. The van der Waals surface area contributed by atoms with E-state index in [1.165, 1.54) is 37.8 Å². The molecule has 0 aromatic heterocycles. The zero-order valence-corrected chi connectivity index (χ0v) is 13.6. The summed E-state index contributed by atoms with van der Waals surface area (Å²) in [6, 6.07) is 9.10. The molecule has 1 saturated heterocycles. The monoisotopic (exact) mass is 304 g/mol. The lowest BCUT2D eigenvalue weighted by molar-refractivity contribution is 0.0578. The summed E-state index contributed by atoms with van der Waals surface area (Å²) in [6.07, 6.45) is 5.64. The Bertz CT molecular complexity index is 524. The standard InChI is InChI=1S/C18H25ClN2/c1-18(15-7-8-15)12-21(17(10-20-18)14-5-6-14)11-13-3-2-4-16(19)9-13/h2-4,9,14-15,17,20H,5-8,10-12H2,1H3. The maximum Gasteiger partial charge on any atom is 0.0409 e. The van der Waals surface area contributed by atoms with Gasteiger partial charge in [0.2, 0.25) is 0 Å². The molecule has 0 radical (unpaired) electrons. The second-order valence-electron chi connectivity index (χ2n) is 7.51. The van der Waals surface area contributed by atoms with E-state index in [0.717, 1.165) is 36.0 Å². The number of rotatable bonds is 4. The van der Waals surface area contributed by atoms with Crippen LogP contribution in [0.15, 0.2) is 24.3 Å². The van der Waals surface area contributed by atoms with Gasteiger partial charge in [-0.1, -0.05) is 23.7 Å². The predicted molar refractivity (Wildman–Crippen MR) is 87.5 cm³/mol. The van der Waals surface area contributed by atoms with E-state index in [4.69, 9.17) is 11.6 Å². The van der Waals surface area contributed by atoms with Gasteiger partial charge in [0.1, 0.15) is 0 Å². The summed E-state index contributed by atoms with van der Waals surface area (Å²) in [5.41, 5.74) is 1.68. The fourth-order valence-corrected chi connectivity index (χ4v) is 4.26. The molecule has 4 rings (SSSR count). The fraction of sp³-hybridized carbons (Fsp3) is 0.667. The number of hydrogen-bond acceptors (Lipinski definition) is 2. The van der Waals surface area contributed by atoms with Crippen LogP contribution in [0.25, 0.3) is 0 Å². The van der Waals surface area contributed by atoms with E-state index in [1.54, 1.807) is 0 Å². The van der Waals surface area contributed by atoms with Crippen LogP contribution in [0.1, 0.15) is 38.2 Å². The number of nitrogens with one attached hydrogen (secondary N) is 1. The molecule has 1 aliphatic heterocycles. The van der Waals surface area contributed by atoms with Crippen LogP contribution in [0, 0.1) is 11.8 Å². The quantitative estimate of drug-likeness (QED) is 0.912. The lowest BCUT2D eigenvalue weighted by atomic mass is 9.89. The Morgan fingerprint density at radius 2 is 2.10 bits per heavy atom. The van der Waals surface area contributed by atoms with E-state index < -0.39 is 0 Å². The number of hydrogen-bond donors (Lipinski definition) is 1. The second-order valence-corrected chi connectivity index (χ2v) is 7.95. The molecule has 3 fully saturated rings. The first kappa shape index (κ1) is 14.0. The van der Waals surface area contributed by atoms with Crippen molar-refractivity contribution in [2.45, 2.75) is 50.7 Å². The maximum absolute atomic E-state index is 6.16. The van der Waals surface area contributed by atoms with Crippen LogP contribution in [-0.2, 0) is 6.54 Å². The zero-order chi connectivity index (χ0) is 14.4. The van der Waals surface area contributed by atoms with Gasteiger partial charge in [0.05, 0.1) is 0 Å². The smallest absolute Gasteiger partial charge is 0.0409 e. The maximum atomic E-state index is 6.16.